The fourth-order valence-corrected chi connectivity index (χ4v) is 6.98. The lowest BCUT2D eigenvalue weighted by atomic mass is 10.0. The average molecular weight is 560 g/mol. The number of hydrogen-bond donors (Lipinski definition) is 1. The standard InChI is InChI=1S/C30H37N7O2S/c1-3-39-25-7-6-22(16-23(25)18-36-15-10-31-20-36)17-35-13-8-24(9-14-35)34-28-26-21(2)27(40-29(26)33-19-32-28)30(38)37-11-4-5-12-37/h6-7,10,15-16,19-20,24H,3-5,8-9,11-14,17-18H2,1-2H3,(H,32,33,34). The van der Waals surface area contributed by atoms with E-state index in [0.717, 1.165) is 97.2 Å². The van der Waals surface area contributed by atoms with E-state index in [2.05, 4.69) is 47.9 Å². The fraction of sp³-hybridized carbons (Fsp3) is 0.467. The van der Waals surface area contributed by atoms with Crippen LogP contribution in [0.25, 0.3) is 10.2 Å². The summed E-state index contributed by atoms with van der Waals surface area (Å²) in [6.07, 6.45) is 11.5. The van der Waals surface area contributed by atoms with E-state index < -0.39 is 0 Å². The van der Waals surface area contributed by atoms with Gasteiger partial charge in [-0.1, -0.05) is 6.07 Å². The molecule has 40 heavy (non-hydrogen) atoms. The predicted octanol–water partition coefficient (Wildman–Crippen LogP) is 4.96. The Balaban J connectivity index is 1.10. The number of hydrogen-bond acceptors (Lipinski definition) is 8. The van der Waals surface area contributed by atoms with Crippen LogP contribution in [0.5, 0.6) is 5.75 Å². The largest absolute Gasteiger partial charge is 0.494 e. The highest BCUT2D eigenvalue weighted by Crippen LogP contribution is 2.35. The molecule has 0 saturated carbocycles. The van der Waals surface area contributed by atoms with Gasteiger partial charge in [0, 0.05) is 56.7 Å². The Morgan fingerprint density at radius 3 is 2.70 bits per heavy atom. The number of fused-ring (bicyclic) bond motifs is 1. The van der Waals surface area contributed by atoms with E-state index in [1.54, 1.807) is 6.33 Å². The zero-order valence-corrected chi connectivity index (χ0v) is 24.1. The first-order valence-electron chi connectivity index (χ1n) is 14.3. The van der Waals surface area contributed by atoms with Crippen molar-refractivity contribution in [2.24, 2.45) is 0 Å². The number of nitrogens with zero attached hydrogens (tertiary/aromatic N) is 6. The van der Waals surface area contributed by atoms with Gasteiger partial charge in [-0.3, -0.25) is 9.69 Å². The zero-order valence-electron chi connectivity index (χ0n) is 23.3. The molecule has 2 aliphatic rings. The minimum Gasteiger partial charge on any atom is -0.494 e. The van der Waals surface area contributed by atoms with Crippen LogP contribution in [-0.4, -0.2) is 74.1 Å². The molecule has 1 amide bonds. The Labute approximate surface area is 239 Å². The fourth-order valence-electron chi connectivity index (χ4n) is 5.86. The van der Waals surface area contributed by atoms with Gasteiger partial charge in [-0.25, -0.2) is 15.0 Å². The number of nitrogens with one attached hydrogen (secondary N) is 1. The van der Waals surface area contributed by atoms with Crippen LogP contribution in [0.4, 0.5) is 5.82 Å². The van der Waals surface area contributed by atoms with Crippen molar-refractivity contribution < 1.29 is 9.53 Å². The Morgan fingerprint density at radius 1 is 1.12 bits per heavy atom. The summed E-state index contributed by atoms with van der Waals surface area (Å²) in [5, 5.41) is 4.70. The summed E-state index contributed by atoms with van der Waals surface area (Å²) in [5.74, 6) is 1.93. The molecule has 2 fully saturated rings. The summed E-state index contributed by atoms with van der Waals surface area (Å²) in [4.78, 5) is 32.6. The van der Waals surface area contributed by atoms with Crippen molar-refractivity contribution >= 4 is 33.3 Å². The second kappa shape index (κ2) is 11.9. The van der Waals surface area contributed by atoms with Crippen molar-refractivity contribution in [3.63, 3.8) is 0 Å². The lowest BCUT2D eigenvalue weighted by Crippen LogP contribution is -2.38. The summed E-state index contributed by atoms with van der Waals surface area (Å²) in [6.45, 7) is 10.1. The average Bonchev–Trinajstić information content (AvgIpc) is 3.74. The summed E-state index contributed by atoms with van der Waals surface area (Å²) in [6, 6.07) is 6.90. The number of rotatable bonds is 9. The van der Waals surface area contributed by atoms with Gasteiger partial charge in [0.15, 0.2) is 0 Å². The first-order chi connectivity index (χ1) is 19.6. The van der Waals surface area contributed by atoms with Crippen molar-refractivity contribution in [1.29, 1.82) is 0 Å². The molecule has 9 nitrogen and oxygen atoms in total. The van der Waals surface area contributed by atoms with E-state index in [4.69, 9.17) is 4.74 Å². The van der Waals surface area contributed by atoms with Gasteiger partial charge in [-0.05, 0) is 62.8 Å². The molecule has 2 saturated heterocycles. The van der Waals surface area contributed by atoms with Crippen molar-refractivity contribution in [2.75, 3.05) is 38.1 Å². The lowest BCUT2D eigenvalue weighted by Gasteiger charge is -2.33. The van der Waals surface area contributed by atoms with Crippen LogP contribution in [0.3, 0.4) is 0 Å². The van der Waals surface area contributed by atoms with E-state index >= 15 is 0 Å². The molecule has 0 spiro atoms. The van der Waals surface area contributed by atoms with Crippen molar-refractivity contribution in [3.05, 3.63) is 64.8 Å². The molecule has 0 radical (unpaired) electrons. The van der Waals surface area contributed by atoms with Crippen LogP contribution >= 0.6 is 11.3 Å². The molecule has 0 bridgehead atoms. The maximum absolute atomic E-state index is 13.1. The minimum absolute atomic E-state index is 0.139. The molecule has 1 N–H and O–H groups in total. The highest BCUT2D eigenvalue weighted by atomic mass is 32.1. The monoisotopic (exact) mass is 559 g/mol. The Bertz CT molecular complexity index is 1450. The molecule has 1 aromatic carbocycles. The third-order valence-electron chi connectivity index (χ3n) is 7.99. The van der Waals surface area contributed by atoms with Crippen molar-refractivity contribution in [1.82, 2.24) is 29.3 Å². The third kappa shape index (κ3) is 5.69. The van der Waals surface area contributed by atoms with Gasteiger partial charge in [-0.2, -0.15) is 0 Å². The quantitative estimate of drug-likeness (QED) is 0.310. The van der Waals surface area contributed by atoms with Crippen LogP contribution < -0.4 is 10.1 Å². The first-order valence-corrected chi connectivity index (χ1v) is 15.1. The molecule has 5 heterocycles. The number of aromatic nitrogens is 4. The maximum Gasteiger partial charge on any atom is 0.264 e. The number of carbonyl (C=O) groups excluding carboxylic acids is 1. The number of benzene rings is 1. The molecule has 0 unspecified atom stereocenters. The maximum atomic E-state index is 13.1. The molecule has 0 atom stereocenters. The van der Waals surface area contributed by atoms with Gasteiger partial charge >= 0.3 is 0 Å². The molecule has 0 aliphatic carbocycles. The summed E-state index contributed by atoms with van der Waals surface area (Å²) in [7, 11) is 0. The lowest BCUT2D eigenvalue weighted by molar-refractivity contribution is 0.0797. The van der Waals surface area contributed by atoms with Crippen molar-refractivity contribution in [2.45, 2.75) is 58.7 Å². The van der Waals surface area contributed by atoms with Crippen LogP contribution in [0, 0.1) is 6.92 Å². The van der Waals surface area contributed by atoms with Gasteiger partial charge in [0.05, 0.1) is 29.7 Å². The minimum atomic E-state index is 0.139. The normalized spacial score (nSPS) is 16.6. The molecular weight excluding hydrogens is 522 g/mol. The van der Waals surface area contributed by atoms with Gasteiger partial charge in [0.2, 0.25) is 0 Å². The number of thiophene rings is 1. The number of imidazole rings is 1. The van der Waals surface area contributed by atoms with Crippen LogP contribution in [0.15, 0.2) is 43.2 Å². The zero-order chi connectivity index (χ0) is 27.5. The topological polar surface area (TPSA) is 88.4 Å². The van der Waals surface area contributed by atoms with Crippen LogP contribution in [-0.2, 0) is 13.1 Å². The summed E-state index contributed by atoms with van der Waals surface area (Å²) >= 11 is 1.50. The Kier molecular flexibility index (Phi) is 7.97. The molecule has 4 aromatic rings. The molecule has 210 valence electrons. The number of carbonyl (C=O) groups is 1. The Hall–Kier alpha value is -3.50. The van der Waals surface area contributed by atoms with E-state index in [1.807, 2.05) is 37.5 Å². The molecule has 10 heteroatoms. The van der Waals surface area contributed by atoms with Gasteiger partial charge in [0.25, 0.3) is 5.91 Å². The van der Waals surface area contributed by atoms with E-state index in [-0.39, 0.29) is 5.91 Å². The number of ether oxygens (including phenoxy) is 1. The number of amides is 1. The SMILES string of the molecule is CCOc1ccc(CN2CCC(Nc3ncnc4sc(C(=O)N5CCCC5)c(C)c34)CC2)cc1Cn1ccnc1. The predicted molar refractivity (Wildman–Crippen MR) is 158 cm³/mol. The highest BCUT2D eigenvalue weighted by molar-refractivity contribution is 7.20. The first kappa shape index (κ1) is 26.7. The Morgan fingerprint density at radius 2 is 1.95 bits per heavy atom. The van der Waals surface area contributed by atoms with Gasteiger partial charge in [0.1, 0.15) is 22.7 Å². The van der Waals surface area contributed by atoms with E-state index in [0.29, 0.717) is 12.6 Å². The number of likely N-dealkylation sites (tertiary alicyclic amines) is 2. The molecule has 6 rings (SSSR count). The summed E-state index contributed by atoms with van der Waals surface area (Å²) in [5.41, 5.74) is 3.47. The van der Waals surface area contributed by atoms with E-state index in [1.165, 1.54) is 22.5 Å². The second-order valence-electron chi connectivity index (χ2n) is 10.8. The molecular formula is C30H37N7O2S. The summed E-state index contributed by atoms with van der Waals surface area (Å²) < 4.78 is 7.97. The molecule has 3 aromatic heterocycles. The highest BCUT2D eigenvalue weighted by Gasteiger charge is 2.27. The smallest absolute Gasteiger partial charge is 0.264 e. The molecule has 2 aliphatic heterocycles. The van der Waals surface area contributed by atoms with E-state index in [9.17, 15) is 4.79 Å². The third-order valence-corrected chi connectivity index (χ3v) is 9.17. The number of aryl methyl sites for hydroxylation is 1. The second-order valence-corrected chi connectivity index (χ2v) is 11.8. The number of anilines is 1. The van der Waals surface area contributed by atoms with Gasteiger partial charge < -0.3 is 19.5 Å². The van der Waals surface area contributed by atoms with Crippen LogP contribution in [0.1, 0.15) is 59.0 Å². The van der Waals surface area contributed by atoms with Crippen LogP contribution in [0.2, 0.25) is 0 Å². The van der Waals surface area contributed by atoms with Gasteiger partial charge in [-0.15, -0.1) is 11.3 Å². The number of piperidine rings is 1. The van der Waals surface area contributed by atoms with Crippen molar-refractivity contribution in [3.8, 4) is 5.75 Å².